The molecule has 3 aromatic rings. The zero-order valence-electron chi connectivity index (χ0n) is 26.1. The summed E-state index contributed by atoms with van der Waals surface area (Å²) < 4.78 is 42.2. The molecule has 1 N–H and O–H groups in total. The van der Waals surface area contributed by atoms with Gasteiger partial charge in [-0.3, -0.25) is 4.79 Å². The summed E-state index contributed by atoms with van der Waals surface area (Å²) in [6.07, 6.45) is 1.31. The fourth-order valence-electron chi connectivity index (χ4n) is 5.99. The van der Waals surface area contributed by atoms with Gasteiger partial charge in [0, 0.05) is 23.7 Å². The molecule has 2 aromatic carbocycles. The number of anilines is 1. The summed E-state index contributed by atoms with van der Waals surface area (Å²) in [4.78, 5) is 25.1. The number of benzene rings is 2. The Hall–Kier alpha value is -3.50. The lowest BCUT2D eigenvalue weighted by atomic mass is 9.86. The van der Waals surface area contributed by atoms with E-state index in [4.69, 9.17) is 9.47 Å². The highest BCUT2D eigenvalue weighted by Gasteiger charge is 2.37. The van der Waals surface area contributed by atoms with Crippen LogP contribution in [0, 0.1) is 24.7 Å². The summed E-state index contributed by atoms with van der Waals surface area (Å²) in [6.45, 7) is 15.8. The lowest BCUT2D eigenvalue weighted by Gasteiger charge is -2.37. The number of aryl methyl sites for hydroxylation is 2. The van der Waals surface area contributed by atoms with Crippen LogP contribution in [-0.4, -0.2) is 61.1 Å². The average molecular weight is 607 g/mol. The molecule has 43 heavy (non-hydrogen) atoms. The van der Waals surface area contributed by atoms with Crippen LogP contribution < -0.4 is 9.46 Å². The quantitative estimate of drug-likeness (QED) is 0.387. The van der Waals surface area contributed by atoms with Gasteiger partial charge in [0.1, 0.15) is 6.61 Å². The van der Waals surface area contributed by atoms with Gasteiger partial charge >= 0.3 is 0 Å². The van der Waals surface area contributed by atoms with Crippen LogP contribution in [0.15, 0.2) is 53.4 Å². The van der Waals surface area contributed by atoms with Gasteiger partial charge in [-0.1, -0.05) is 58.9 Å². The van der Waals surface area contributed by atoms with Gasteiger partial charge in [0.05, 0.1) is 29.3 Å². The van der Waals surface area contributed by atoms with Crippen LogP contribution in [0.3, 0.4) is 0 Å². The molecule has 0 saturated carbocycles. The Kier molecular flexibility index (Phi) is 8.30. The highest BCUT2D eigenvalue weighted by molar-refractivity contribution is 7.92. The smallest absolute Gasteiger partial charge is 0.264 e. The standard InChI is InChI=1S/C33H42N4O5S/c1-21-10-8-11-22(2)29(21)27-15-28-35-31(34-27)36-43(39,40)26-13-9-12-23(14-26)30(38)37(18-25-17-33(6,7)20-42-25)24(19-41-28)16-32(3,4)5/h8-15,24-25H,16-20H2,1-7H3,(H,34,35,36)/t24-,25?/m1/s1. The number of fused-ring (bicyclic) bond motifs is 4. The first-order valence-corrected chi connectivity index (χ1v) is 16.2. The number of aromatic nitrogens is 2. The van der Waals surface area contributed by atoms with Gasteiger partial charge < -0.3 is 14.4 Å². The van der Waals surface area contributed by atoms with E-state index in [2.05, 4.69) is 49.3 Å². The molecule has 5 rings (SSSR count). The van der Waals surface area contributed by atoms with Crippen molar-refractivity contribution >= 4 is 21.9 Å². The maximum absolute atomic E-state index is 14.2. The molecule has 2 atom stereocenters. The summed E-state index contributed by atoms with van der Waals surface area (Å²) in [6, 6.07) is 13.4. The number of rotatable bonds is 4. The predicted molar refractivity (Wildman–Crippen MR) is 167 cm³/mol. The number of hydrogen-bond donors (Lipinski definition) is 1. The number of hydrogen-bond acceptors (Lipinski definition) is 7. The largest absolute Gasteiger partial charge is 0.475 e. The molecule has 2 aliphatic rings. The van der Waals surface area contributed by atoms with Crippen molar-refractivity contribution in [2.75, 3.05) is 24.5 Å². The molecule has 0 aliphatic carbocycles. The maximum Gasteiger partial charge on any atom is 0.264 e. The predicted octanol–water partition coefficient (Wildman–Crippen LogP) is 6.02. The van der Waals surface area contributed by atoms with Crippen molar-refractivity contribution < 1.29 is 22.7 Å². The van der Waals surface area contributed by atoms with Crippen LogP contribution in [0.1, 0.15) is 68.9 Å². The molecule has 1 fully saturated rings. The number of sulfonamides is 1. The molecule has 1 aromatic heterocycles. The fourth-order valence-corrected chi connectivity index (χ4v) is 6.98. The van der Waals surface area contributed by atoms with E-state index in [1.165, 1.54) is 12.1 Å². The van der Waals surface area contributed by atoms with E-state index in [-0.39, 0.29) is 57.8 Å². The molecule has 9 nitrogen and oxygen atoms in total. The van der Waals surface area contributed by atoms with Crippen molar-refractivity contribution in [2.24, 2.45) is 10.8 Å². The van der Waals surface area contributed by atoms with E-state index < -0.39 is 10.0 Å². The molecular weight excluding hydrogens is 564 g/mol. The summed E-state index contributed by atoms with van der Waals surface area (Å²) >= 11 is 0. The number of nitrogens with zero attached hydrogens (tertiary/aromatic N) is 3. The molecule has 2 aliphatic heterocycles. The van der Waals surface area contributed by atoms with Crippen LogP contribution in [0.2, 0.25) is 0 Å². The fraction of sp³-hybridized carbons (Fsp3) is 0.485. The summed E-state index contributed by atoms with van der Waals surface area (Å²) in [5.41, 5.74) is 3.56. The van der Waals surface area contributed by atoms with E-state index >= 15 is 0 Å². The number of ether oxygens (including phenoxy) is 2. The molecule has 230 valence electrons. The molecule has 10 heteroatoms. The number of amides is 1. The molecule has 3 heterocycles. The SMILES string of the molecule is Cc1cccc(C)c1-c1cc2nc(n1)NS(=O)(=O)c1cccc(c1)C(=O)N(CC1CC(C)(C)CO1)[C@H](CC(C)(C)C)CO2. The topological polar surface area (TPSA) is 111 Å². The first-order chi connectivity index (χ1) is 20.1. The van der Waals surface area contributed by atoms with E-state index in [0.29, 0.717) is 25.3 Å². The monoisotopic (exact) mass is 606 g/mol. The van der Waals surface area contributed by atoms with Gasteiger partial charge in [-0.05, 0) is 66.8 Å². The molecule has 1 amide bonds. The second-order valence-corrected chi connectivity index (χ2v) is 15.5. The Morgan fingerprint density at radius 3 is 2.40 bits per heavy atom. The molecule has 0 spiro atoms. The van der Waals surface area contributed by atoms with Gasteiger partial charge in [-0.2, -0.15) is 4.98 Å². The second-order valence-electron chi connectivity index (χ2n) is 13.8. The first-order valence-electron chi connectivity index (χ1n) is 14.7. The summed E-state index contributed by atoms with van der Waals surface area (Å²) in [5, 5.41) is 0. The minimum absolute atomic E-state index is 0.00921. The van der Waals surface area contributed by atoms with Crippen molar-refractivity contribution in [3.05, 3.63) is 65.2 Å². The molecular formula is C33H42N4O5S. The Morgan fingerprint density at radius 2 is 1.74 bits per heavy atom. The first kappa shape index (κ1) is 30.9. The Morgan fingerprint density at radius 1 is 1.05 bits per heavy atom. The highest BCUT2D eigenvalue weighted by Crippen LogP contribution is 2.34. The van der Waals surface area contributed by atoms with Crippen LogP contribution in [0.4, 0.5) is 5.95 Å². The molecule has 1 unspecified atom stereocenters. The Bertz CT molecular complexity index is 1610. The third-order valence-corrected chi connectivity index (χ3v) is 9.25. The summed E-state index contributed by atoms with van der Waals surface area (Å²) in [5.74, 6) is -0.144. The minimum atomic E-state index is -4.12. The van der Waals surface area contributed by atoms with Gasteiger partial charge in [-0.25, -0.2) is 18.1 Å². The molecule has 0 radical (unpaired) electrons. The lowest BCUT2D eigenvalue weighted by molar-refractivity contribution is 0.0256. The van der Waals surface area contributed by atoms with Gasteiger partial charge in [0.2, 0.25) is 11.8 Å². The molecule has 4 bridgehead atoms. The Labute approximate surface area is 255 Å². The number of carbonyl (C=O) groups excluding carboxylic acids is 1. The van der Waals surface area contributed by atoms with Crippen molar-refractivity contribution in [1.82, 2.24) is 14.9 Å². The zero-order chi connectivity index (χ0) is 31.2. The van der Waals surface area contributed by atoms with Gasteiger partial charge in [-0.15, -0.1) is 0 Å². The van der Waals surface area contributed by atoms with Crippen molar-refractivity contribution in [2.45, 2.75) is 78.3 Å². The van der Waals surface area contributed by atoms with Crippen LogP contribution in [0.25, 0.3) is 11.3 Å². The van der Waals surface area contributed by atoms with Gasteiger partial charge in [0.15, 0.2) is 0 Å². The normalized spacial score (nSPS) is 21.7. The highest BCUT2D eigenvalue weighted by atomic mass is 32.2. The zero-order valence-corrected chi connectivity index (χ0v) is 26.9. The third kappa shape index (κ3) is 7.18. The van der Waals surface area contributed by atoms with Crippen LogP contribution >= 0.6 is 0 Å². The second kappa shape index (κ2) is 11.5. The van der Waals surface area contributed by atoms with E-state index in [9.17, 15) is 13.2 Å². The van der Waals surface area contributed by atoms with E-state index in [1.54, 1.807) is 18.2 Å². The summed E-state index contributed by atoms with van der Waals surface area (Å²) in [7, 11) is -4.12. The van der Waals surface area contributed by atoms with Crippen molar-refractivity contribution in [3.8, 4) is 17.1 Å². The van der Waals surface area contributed by atoms with Crippen molar-refractivity contribution in [1.29, 1.82) is 0 Å². The number of nitrogens with one attached hydrogen (secondary N) is 1. The van der Waals surface area contributed by atoms with Gasteiger partial charge in [0.25, 0.3) is 15.9 Å². The van der Waals surface area contributed by atoms with Crippen molar-refractivity contribution in [3.63, 3.8) is 0 Å². The van der Waals surface area contributed by atoms with Crippen LogP contribution in [0.5, 0.6) is 5.88 Å². The molecule has 1 saturated heterocycles. The average Bonchev–Trinajstić information content (AvgIpc) is 3.26. The van der Waals surface area contributed by atoms with E-state index in [0.717, 1.165) is 23.1 Å². The van der Waals surface area contributed by atoms with Crippen LogP contribution in [-0.2, 0) is 14.8 Å². The third-order valence-electron chi connectivity index (χ3n) is 7.92. The minimum Gasteiger partial charge on any atom is -0.475 e. The Balaban J connectivity index is 1.65. The number of carbonyl (C=O) groups is 1. The van der Waals surface area contributed by atoms with E-state index in [1.807, 2.05) is 36.9 Å². The lowest BCUT2D eigenvalue weighted by Crippen LogP contribution is -2.48. The maximum atomic E-state index is 14.2.